The molecule has 1 atom stereocenters. The quantitative estimate of drug-likeness (QED) is 0.591. The van der Waals surface area contributed by atoms with Gasteiger partial charge in [-0.25, -0.2) is 4.79 Å². The average Bonchev–Trinajstić information content (AvgIpc) is 2.58. The Morgan fingerprint density at radius 1 is 1.29 bits per heavy atom. The molecule has 0 saturated carbocycles. The lowest BCUT2D eigenvalue weighted by Gasteiger charge is -2.16. The first-order valence-corrected chi connectivity index (χ1v) is 8.85. The minimum atomic E-state index is -0.895. The molecule has 1 amide bonds. The van der Waals surface area contributed by atoms with Crippen molar-refractivity contribution in [1.82, 2.24) is 5.32 Å². The van der Waals surface area contributed by atoms with Gasteiger partial charge in [0.05, 0.1) is 15.6 Å². The van der Waals surface area contributed by atoms with Gasteiger partial charge in [-0.2, -0.15) is 0 Å². The van der Waals surface area contributed by atoms with Crippen molar-refractivity contribution in [2.45, 2.75) is 45.1 Å². The molecule has 0 saturated heterocycles. The van der Waals surface area contributed by atoms with E-state index in [1.165, 1.54) is 31.4 Å². The van der Waals surface area contributed by atoms with Gasteiger partial charge in [0, 0.05) is 6.54 Å². The van der Waals surface area contributed by atoms with Gasteiger partial charge in [0.25, 0.3) is 5.91 Å². The molecule has 0 heterocycles. The van der Waals surface area contributed by atoms with Crippen LogP contribution in [-0.2, 0) is 9.53 Å². The molecule has 6 heteroatoms. The number of amides is 1. The van der Waals surface area contributed by atoms with Crippen LogP contribution in [0.25, 0.3) is 0 Å². The summed E-state index contributed by atoms with van der Waals surface area (Å²) < 4.78 is 5.17. The van der Waals surface area contributed by atoms with Crippen molar-refractivity contribution in [2.24, 2.45) is 0 Å². The highest BCUT2D eigenvalue weighted by Gasteiger charge is 2.21. The molecule has 0 aliphatic heterocycles. The largest absolute Gasteiger partial charge is 0.449 e. The molecular formula is C18H21Cl2NO3. The fraction of sp³-hybridized carbons (Fsp3) is 0.444. The van der Waals surface area contributed by atoms with E-state index in [1.54, 1.807) is 12.1 Å². The third kappa shape index (κ3) is 5.25. The number of carbonyl (C=O) groups excluding carboxylic acids is 2. The molecule has 1 aliphatic rings. The van der Waals surface area contributed by atoms with Gasteiger partial charge in [0.1, 0.15) is 0 Å². The predicted octanol–water partition coefficient (Wildman–Crippen LogP) is 4.55. The Kier molecular flexibility index (Phi) is 7.13. The number of allylic oxidation sites excluding steroid dienone is 1. The van der Waals surface area contributed by atoms with Crippen LogP contribution in [0.3, 0.4) is 0 Å². The maximum absolute atomic E-state index is 12.1. The molecular weight excluding hydrogens is 349 g/mol. The maximum Gasteiger partial charge on any atom is 0.340 e. The smallest absolute Gasteiger partial charge is 0.340 e. The molecule has 0 bridgehead atoms. The van der Waals surface area contributed by atoms with E-state index in [0.717, 1.165) is 19.3 Å². The van der Waals surface area contributed by atoms with Crippen LogP contribution >= 0.6 is 23.2 Å². The Balaban J connectivity index is 1.81. The number of ether oxygens (including phenoxy) is 1. The molecule has 0 radical (unpaired) electrons. The van der Waals surface area contributed by atoms with Crippen LogP contribution in [0, 0.1) is 0 Å². The molecule has 1 aliphatic carbocycles. The Morgan fingerprint density at radius 2 is 2.08 bits per heavy atom. The average molecular weight is 370 g/mol. The fourth-order valence-corrected chi connectivity index (χ4v) is 2.94. The summed E-state index contributed by atoms with van der Waals surface area (Å²) >= 11 is 11.9. The Morgan fingerprint density at radius 3 is 2.79 bits per heavy atom. The van der Waals surface area contributed by atoms with Crippen molar-refractivity contribution in [3.05, 3.63) is 45.5 Å². The highest BCUT2D eigenvalue weighted by atomic mass is 35.5. The van der Waals surface area contributed by atoms with E-state index in [9.17, 15) is 9.59 Å². The number of halogens is 2. The molecule has 130 valence electrons. The van der Waals surface area contributed by atoms with Gasteiger partial charge < -0.3 is 10.1 Å². The van der Waals surface area contributed by atoms with E-state index in [4.69, 9.17) is 27.9 Å². The second-order valence-corrected chi connectivity index (χ2v) is 6.58. The van der Waals surface area contributed by atoms with Gasteiger partial charge in [-0.15, -0.1) is 0 Å². The first-order chi connectivity index (χ1) is 11.5. The lowest BCUT2D eigenvalue weighted by Crippen LogP contribution is -2.36. The third-order valence-corrected chi connectivity index (χ3v) is 4.77. The summed E-state index contributed by atoms with van der Waals surface area (Å²) in [6, 6.07) is 4.70. The zero-order valence-corrected chi connectivity index (χ0v) is 15.1. The first-order valence-electron chi connectivity index (χ1n) is 8.09. The second-order valence-electron chi connectivity index (χ2n) is 5.80. The van der Waals surface area contributed by atoms with Gasteiger partial charge in [-0.3, -0.25) is 4.79 Å². The Bertz CT molecular complexity index is 643. The standard InChI is InChI=1S/C18H21Cl2NO3/c1-12(17(22)21-11-10-13-6-3-2-4-7-13)24-18(23)14-8-5-9-15(19)16(14)20/h5-6,8-9,12H,2-4,7,10-11H2,1H3,(H,21,22)/t12-/m0/s1. The summed E-state index contributed by atoms with van der Waals surface area (Å²) in [7, 11) is 0. The summed E-state index contributed by atoms with van der Waals surface area (Å²) in [5, 5.41) is 3.19. The first kappa shape index (κ1) is 18.8. The van der Waals surface area contributed by atoms with E-state index in [1.807, 2.05) is 0 Å². The van der Waals surface area contributed by atoms with Crippen molar-refractivity contribution in [3.8, 4) is 0 Å². The monoisotopic (exact) mass is 369 g/mol. The van der Waals surface area contributed by atoms with Crippen molar-refractivity contribution in [1.29, 1.82) is 0 Å². The van der Waals surface area contributed by atoms with Crippen molar-refractivity contribution < 1.29 is 14.3 Å². The van der Waals surface area contributed by atoms with E-state index in [2.05, 4.69) is 11.4 Å². The topological polar surface area (TPSA) is 55.4 Å². The molecule has 1 aromatic carbocycles. The van der Waals surface area contributed by atoms with E-state index in [0.29, 0.717) is 6.54 Å². The van der Waals surface area contributed by atoms with E-state index in [-0.39, 0.29) is 21.5 Å². The van der Waals surface area contributed by atoms with Crippen LogP contribution in [-0.4, -0.2) is 24.5 Å². The minimum Gasteiger partial charge on any atom is -0.449 e. The second kappa shape index (κ2) is 9.09. The van der Waals surface area contributed by atoms with Gasteiger partial charge >= 0.3 is 5.97 Å². The summed E-state index contributed by atoms with van der Waals surface area (Å²) in [6.07, 6.45) is 6.88. The van der Waals surface area contributed by atoms with Crippen LogP contribution in [0.4, 0.5) is 0 Å². The molecule has 0 unspecified atom stereocenters. The van der Waals surface area contributed by atoms with Crippen LogP contribution in [0.1, 0.15) is 49.4 Å². The number of nitrogens with one attached hydrogen (secondary N) is 1. The highest BCUT2D eigenvalue weighted by molar-refractivity contribution is 6.43. The number of hydrogen-bond acceptors (Lipinski definition) is 3. The summed E-state index contributed by atoms with van der Waals surface area (Å²) in [5.74, 6) is -0.988. The SMILES string of the molecule is C[C@H](OC(=O)c1cccc(Cl)c1Cl)C(=O)NCCC1=CCCCC1. The summed E-state index contributed by atoms with van der Waals surface area (Å²) in [4.78, 5) is 24.1. The molecule has 0 aromatic heterocycles. The number of rotatable bonds is 6. The number of carbonyl (C=O) groups is 2. The molecule has 1 N–H and O–H groups in total. The van der Waals surface area contributed by atoms with Crippen LogP contribution in [0.2, 0.25) is 10.0 Å². The third-order valence-electron chi connectivity index (χ3n) is 3.95. The minimum absolute atomic E-state index is 0.126. The van der Waals surface area contributed by atoms with Gasteiger partial charge in [0.15, 0.2) is 6.10 Å². The molecule has 1 aromatic rings. The maximum atomic E-state index is 12.1. The van der Waals surface area contributed by atoms with E-state index < -0.39 is 12.1 Å². The summed E-state index contributed by atoms with van der Waals surface area (Å²) in [6.45, 7) is 2.08. The lowest BCUT2D eigenvalue weighted by molar-refractivity contribution is -0.129. The van der Waals surface area contributed by atoms with Crippen LogP contribution < -0.4 is 5.32 Å². The number of hydrogen-bond donors (Lipinski definition) is 1. The molecule has 24 heavy (non-hydrogen) atoms. The van der Waals surface area contributed by atoms with Gasteiger partial charge in [-0.05, 0) is 51.2 Å². The lowest BCUT2D eigenvalue weighted by atomic mass is 9.97. The Labute approximate surface area is 152 Å². The number of benzene rings is 1. The van der Waals surface area contributed by atoms with E-state index >= 15 is 0 Å². The van der Waals surface area contributed by atoms with Crippen molar-refractivity contribution in [3.63, 3.8) is 0 Å². The fourth-order valence-electron chi connectivity index (χ4n) is 2.56. The highest BCUT2D eigenvalue weighted by Crippen LogP contribution is 2.26. The van der Waals surface area contributed by atoms with Crippen molar-refractivity contribution in [2.75, 3.05) is 6.54 Å². The summed E-state index contributed by atoms with van der Waals surface area (Å²) in [5.41, 5.74) is 1.54. The Hall–Kier alpha value is -1.52. The van der Waals surface area contributed by atoms with Crippen LogP contribution in [0.5, 0.6) is 0 Å². The van der Waals surface area contributed by atoms with Crippen LogP contribution in [0.15, 0.2) is 29.8 Å². The normalized spacial score (nSPS) is 15.4. The molecule has 0 fully saturated rings. The zero-order valence-electron chi connectivity index (χ0n) is 13.6. The molecule has 4 nitrogen and oxygen atoms in total. The van der Waals surface area contributed by atoms with Gasteiger partial charge in [0.2, 0.25) is 0 Å². The molecule has 2 rings (SSSR count). The predicted molar refractivity (Wildman–Crippen MR) is 95.5 cm³/mol. The number of esters is 1. The van der Waals surface area contributed by atoms with Gasteiger partial charge in [-0.1, -0.05) is 40.9 Å². The zero-order chi connectivity index (χ0) is 17.5. The van der Waals surface area contributed by atoms with Crippen molar-refractivity contribution >= 4 is 35.1 Å². The molecule has 0 spiro atoms.